The summed E-state index contributed by atoms with van der Waals surface area (Å²) < 4.78 is 4.77. The lowest BCUT2D eigenvalue weighted by molar-refractivity contribution is 0.0697. The van der Waals surface area contributed by atoms with Crippen molar-refractivity contribution < 1.29 is 14.3 Å². The van der Waals surface area contributed by atoms with Crippen molar-refractivity contribution in [2.45, 2.75) is 6.92 Å². The molecule has 0 aliphatic carbocycles. The summed E-state index contributed by atoms with van der Waals surface area (Å²) in [6, 6.07) is 1.39. The monoisotopic (exact) mass is 141 g/mol. The van der Waals surface area contributed by atoms with E-state index in [0.29, 0.717) is 5.76 Å². The second kappa shape index (κ2) is 2.06. The number of hydrogen-bond donors (Lipinski definition) is 2. The van der Waals surface area contributed by atoms with Crippen LogP contribution in [0.2, 0.25) is 0 Å². The van der Waals surface area contributed by atoms with E-state index < -0.39 is 5.97 Å². The highest BCUT2D eigenvalue weighted by molar-refractivity contribution is 5.92. The quantitative estimate of drug-likeness (QED) is 0.608. The van der Waals surface area contributed by atoms with E-state index in [4.69, 9.17) is 15.3 Å². The topological polar surface area (TPSA) is 76.5 Å². The third kappa shape index (κ3) is 0.953. The van der Waals surface area contributed by atoms with Crippen LogP contribution in [0, 0.1) is 6.92 Å². The van der Waals surface area contributed by atoms with Gasteiger partial charge < -0.3 is 15.3 Å². The van der Waals surface area contributed by atoms with Crippen LogP contribution >= 0.6 is 0 Å². The van der Waals surface area contributed by atoms with Crippen molar-refractivity contribution in [3.05, 3.63) is 17.4 Å². The van der Waals surface area contributed by atoms with Crippen molar-refractivity contribution in [1.29, 1.82) is 0 Å². The highest BCUT2D eigenvalue weighted by Crippen LogP contribution is 2.15. The lowest BCUT2D eigenvalue weighted by atomic mass is 10.3. The van der Waals surface area contributed by atoms with Crippen molar-refractivity contribution in [3.63, 3.8) is 0 Å². The van der Waals surface area contributed by atoms with Gasteiger partial charge in [-0.2, -0.15) is 0 Å². The first kappa shape index (κ1) is 6.67. The molecule has 0 aliphatic heterocycles. The van der Waals surface area contributed by atoms with Gasteiger partial charge in [-0.25, -0.2) is 4.79 Å². The van der Waals surface area contributed by atoms with Gasteiger partial charge in [0.2, 0.25) is 5.88 Å². The molecule has 0 amide bonds. The average molecular weight is 141 g/mol. The number of furan rings is 1. The minimum atomic E-state index is -1.06. The van der Waals surface area contributed by atoms with Crippen molar-refractivity contribution in [2.75, 3.05) is 5.73 Å². The van der Waals surface area contributed by atoms with E-state index in [1.54, 1.807) is 6.92 Å². The second-order valence-corrected chi connectivity index (χ2v) is 1.94. The fraction of sp³-hybridized carbons (Fsp3) is 0.167. The van der Waals surface area contributed by atoms with Gasteiger partial charge in [-0.1, -0.05) is 0 Å². The number of aryl methyl sites for hydroxylation is 1. The predicted molar refractivity (Wildman–Crippen MR) is 34.8 cm³/mol. The molecule has 4 nitrogen and oxygen atoms in total. The van der Waals surface area contributed by atoms with Gasteiger partial charge in [-0.15, -0.1) is 0 Å². The molecular weight excluding hydrogens is 134 g/mol. The lowest BCUT2D eigenvalue weighted by Gasteiger charge is -1.85. The first-order valence-electron chi connectivity index (χ1n) is 2.70. The van der Waals surface area contributed by atoms with Crippen LogP contribution in [-0.2, 0) is 0 Å². The molecule has 10 heavy (non-hydrogen) atoms. The fourth-order valence-electron chi connectivity index (χ4n) is 0.699. The Labute approximate surface area is 57.3 Å². The highest BCUT2D eigenvalue weighted by atomic mass is 16.4. The Morgan fingerprint density at radius 2 is 2.40 bits per heavy atom. The average Bonchev–Trinajstić information content (AvgIpc) is 2.10. The molecule has 0 radical (unpaired) electrons. The molecule has 0 bridgehead atoms. The Hall–Kier alpha value is -1.45. The number of aromatic carboxylic acids is 1. The molecule has 0 aliphatic rings. The summed E-state index contributed by atoms with van der Waals surface area (Å²) in [5.74, 6) is -0.589. The molecule has 1 heterocycles. The minimum absolute atomic E-state index is 0.0255. The number of rotatable bonds is 1. The molecule has 1 aromatic heterocycles. The van der Waals surface area contributed by atoms with Crippen LogP contribution in [0.5, 0.6) is 0 Å². The summed E-state index contributed by atoms with van der Waals surface area (Å²) in [5, 5.41) is 8.44. The van der Waals surface area contributed by atoms with Crippen LogP contribution in [0.3, 0.4) is 0 Å². The molecule has 3 N–H and O–H groups in total. The van der Waals surface area contributed by atoms with Gasteiger partial charge in [0, 0.05) is 0 Å². The van der Waals surface area contributed by atoms with Gasteiger partial charge in [0.15, 0.2) is 0 Å². The van der Waals surface area contributed by atoms with Crippen LogP contribution in [0.25, 0.3) is 0 Å². The maximum absolute atomic E-state index is 10.3. The molecule has 54 valence electrons. The Bertz CT molecular complexity index is 264. The Morgan fingerprint density at radius 3 is 2.60 bits per heavy atom. The maximum Gasteiger partial charge on any atom is 0.341 e. The van der Waals surface area contributed by atoms with E-state index in [1.807, 2.05) is 0 Å². The molecule has 0 aromatic carbocycles. The summed E-state index contributed by atoms with van der Waals surface area (Å²) in [5.41, 5.74) is 5.22. The SMILES string of the molecule is Cc1cc(C(=O)O)c(N)o1. The molecule has 0 saturated carbocycles. The minimum Gasteiger partial charge on any atom is -0.477 e. The van der Waals surface area contributed by atoms with Crippen molar-refractivity contribution in [2.24, 2.45) is 0 Å². The molecule has 0 saturated heterocycles. The third-order valence-corrected chi connectivity index (χ3v) is 1.11. The molecular formula is C6H7NO3. The summed E-state index contributed by atoms with van der Waals surface area (Å²) in [7, 11) is 0. The number of carboxylic acids is 1. The number of hydrogen-bond acceptors (Lipinski definition) is 3. The molecule has 0 atom stereocenters. The number of nitrogens with two attached hydrogens (primary N) is 1. The van der Waals surface area contributed by atoms with E-state index in [0.717, 1.165) is 0 Å². The zero-order valence-corrected chi connectivity index (χ0v) is 5.42. The summed E-state index contributed by atoms with van der Waals surface area (Å²) in [4.78, 5) is 10.3. The lowest BCUT2D eigenvalue weighted by Crippen LogP contribution is -1.97. The zero-order chi connectivity index (χ0) is 7.72. The van der Waals surface area contributed by atoms with Gasteiger partial charge >= 0.3 is 5.97 Å². The molecule has 4 heteroatoms. The van der Waals surface area contributed by atoms with Crippen molar-refractivity contribution in [1.82, 2.24) is 0 Å². The van der Waals surface area contributed by atoms with E-state index in [-0.39, 0.29) is 11.4 Å². The summed E-state index contributed by atoms with van der Waals surface area (Å²) >= 11 is 0. The maximum atomic E-state index is 10.3. The van der Waals surface area contributed by atoms with Crippen LogP contribution < -0.4 is 5.73 Å². The highest BCUT2D eigenvalue weighted by Gasteiger charge is 2.11. The Morgan fingerprint density at radius 1 is 1.80 bits per heavy atom. The van der Waals surface area contributed by atoms with Gasteiger partial charge in [-0.05, 0) is 13.0 Å². The summed E-state index contributed by atoms with van der Waals surface area (Å²) in [6.07, 6.45) is 0. The zero-order valence-electron chi connectivity index (χ0n) is 5.42. The number of nitrogen functional groups attached to an aromatic ring is 1. The molecule has 0 spiro atoms. The van der Waals surface area contributed by atoms with Gasteiger partial charge in [-0.3, -0.25) is 0 Å². The van der Waals surface area contributed by atoms with Crippen molar-refractivity contribution in [3.8, 4) is 0 Å². The molecule has 0 unspecified atom stereocenters. The van der Waals surface area contributed by atoms with E-state index in [2.05, 4.69) is 0 Å². The van der Waals surface area contributed by atoms with Crippen molar-refractivity contribution >= 4 is 11.9 Å². The van der Waals surface area contributed by atoms with Gasteiger partial charge in [0.25, 0.3) is 0 Å². The fourth-order valence-corrected chi connectivity index (χ4v) is 0.699. The third-order valence-electron chi connectivity index (χ3n) is 1.11. The number of anilines is 1. The van der Waals surface area contributed by atoms with Gasteiger partial charge in [0.1, 0.15) is 11.3 Å². The smallest absolute Gasteiger partial charge is 0.341 e. The van der Waals surface area contributed by atoms with Gasteiger partial charge in [0.05, 0.1) is 0 Å². The number of carboxylic acid groups (broad SMARTS) is 1. The Balaban J connectivity index is 3.15. The molecule has 1 aromatic rings. The van der Waals surface area contributed by atoms with E-state index in [9.17, 15) is 4.79 Å². The first-order chi connectivity index (χ1) is 4.61. The first-order valence-corrected chi connectivity index (χ1v) is 2.70. The standard InChI is InChI=1S/C6H7NO3/c1-3-2-4(6(8)9)5(7)10-3/h2H,7H2,1H3,(H,8,9). The largest absolute Gasteiger partial charge is 0.477 e. The van der Waals surface area contributed by atoms with Crippen LogP contribution in [0.1, 0.15) is 16.1 Å². The van der Waals surface area contributed by atoms with E-state index in [1.165, 1.54) is 6.07 Å². The van der Waals surface area contributed by atoms with Crippen LogP contribution in [0.15, 0.2) is 10.5 Å². The van der Waals surface area contributed by atoms with Crippen LogP contribution in [0.4, 0.5) is 5.88 Å². The number of carbonyl (C=O) groups is 1. The molecule has 1 rings (SSSR count). The second-order valence-electron chi connectivity index (χ2n) is 1.94. The van der Waals surface area contributed by atoms with Crippen LogP contribution in [-0.4, -0.2) is 11.1 Å². The summed E-state index contributed by atoms with van der Waals surface area (Å²) in [6.45, 7) is 1.64. The van der Waals surface area contributed by atoms with E-state index >= 15 is 0 Å². The predicted octanol–water partition coefficient (Wildman–Crippen LogP) is 0.868. The normalized spacial score (nSPS) is 9.70. The Kier molecular flexibility index (Phi) is 1.37. The molecule has 0 fully saturated rings.